The lowest BCUT2D eigenvalue weighted by molar-refractivity contribution is 1.18. The first kappa shape index (κ1) is 11.2. The Bertz CT molecular complexity index is 4560. The molecule has 2 nitrogen and oxygen atoms in total. The van der Waals surface area contributed by atoms with Crippen molar-refractivity contribution < 1.29 is 42.5 Å². The Morgan fingerprint density at radius 2 is 0.720 bits per heavy atom. The molecular weight excluding hydrogens is 605 g/mol. The lowest BCUT2D eigenvalue weighted by Gasteiger charge is -2.14. The first-order valence-corrected chi connectivity index (χ1v) is 14.7. The molecule has 0 atom stereocenters. The lowest BCUT2D eigenvalue weighted by atomic mass is 9.98. The summed E-state index contributed by atoms with van der Waals surface area (Å²) in [6, 6.07) is -28.5. The normalized spacial score (nSPS) is 20.3. The van der Waals surface area contributed by atoms with Gasteiger partial charge in [0.2, 0.25) is 0 Å². The van der Waals surface area contributed by atoms with Crippen molar-refractivity contribution in [2.24, 2.45) is 0 Å². The summed E-state index contributed by atoms with van der Waals surface area (Å²) in [4.78, 5) is 0. The van der Waals surface area contributed by atoms with Crippen LogP contribution in [0.1, 0.15) is 42.5 Å². The summed E-state index contributed by atoms with van der Waals surface area (Å²) in [6.07, 6.45) is 0. The Kier molecular flexibility index (Phi) is 2.58. The fourth-order valence-electron chi connectivity index (χ4n) is 5.74. The van der Waals surface area contributed by atoms with E-state index in [2.05, 4.69) is 0 Å². The van der Waals surface area contributed by atoms with E-state index in [1.807, 2.05) is 0 Å². The molecule has 0 bridgehead atoms. The predicted molar refractivity (Wildman–Crippen MR) is 211 cm³/mol. The molecule has 0 amide bonds. The molecule has 0 aliphatic rings. The molecule has 2 aromatic heterocycles. The van der Waals surface area contributed by atoms with Crippen LogP contribution in [0.5, 0.6) is 0 Å². The number of nitrogens with zero attached hydrogens (tertiary/aromatic N) is 2. The predicted octanol–water partition coefficient (Wildman–Crippen LogP) is 12.9. The highest BCUT2D eigenvalue weighted by Gasteiger charge is 2.17. The van der Waals surface area contributed by atoms with Gasteiger partial charge in [-0.1, -0.05) is 127 Å². The molecule has 0 aliphatic heterocycles. The van der Waals surface area contributed by atoms with E-state index in [0.29, 0.717) is 0 Å². The lowest BCUT2D eigenvalue weighted by Crippen LogP contribution is -1.96. The smallest absolute Gasteiger partial charge is 0.0651 e. The Balaban J connectivity index is 1.44. The summed E-state index contributed by atoms with van der Waals surface area (Å²) >= 11 is 0. The zero-order valence-electron chi connectivity index (χ0n) is 56.0. The molecule has 0 saturated carbocycles. The maximum absolute atomic E-state index is 9.96. The number of rotatable bonds is 5. The maximum Gasteiger partial charge on any atom is 0.0651 e. The van der Waals surface area contributed by atoms with Crippen LogP contribution in [-0.4, -0.2) is 9.13 Å². The molecule has 50 heavy (non-hydrogen) atoms. The first-order chi connectivity index (χ1) is 37.7. The second-order valence-corrected chi connectivity index (χ2v) is 10.6. The molecule has 0 unspecified atom stereocenters. The molecule has 10 rings (SSSR count). The van der Waals surface area contributed by atoms with E-state index in [4.69, 9.17) is 28.8 Å². The summed E-state index contributed by atoms with van der Waals surface area (Å²) in [5, 5.41) is -2.52. The van der Waals surface area contributed by atoms with E-state index >= 15 is 0 Å². The zero-order valence-corrected chi connectivity index (χ0v) is 25.0. The summed E-state index contributed by atoms with van der Waals surface area (Å²) in [5.74, 6) is 0. The number of benzene rings is 8. The van der Waals surface area contributed by atoms with Crippen molar-refractivity contribution in [1.29, 1.82) is 0 Å². The number of para-hydroxylation sites is 3. The van der Waals surface area contributed by atoms with Gasteiger partial charge in [0.1, 0.15) is 0 Å². The van der Waals surface area contributed by atoms with Gasteiger partial charge in [-0.15, -0.1) is 0 Å². The molecule has 0 saturated heterocycles. The van der Waals surface area contributed by atoms with E-state index in [1.54, 1.807) is 0 Å². The van der Waals surface area contributed by atoms with Crippen molar-refractivity contribution in [3.8, 4) is 44.8 Å². The van der Waals surface area contributed by atoms with Crippen molar-refractivity contribution in [2.75, 3.05) is 0 Å². The van der Waals surface area contributed by atoms with Gasteiger partial charge >= 0.3 is 0 Å². The van der Waals surface area contributed by atoms with Gasteiger partial charge in [-0.3, -0.25) is 0 Å². The minimum atomic E-state index is -1.09. The quantitative estimate of drug-likeness (QED) is 0.173. The topological polar surface area (TPSA) is 9.86 Å². The van der Waals surface area contributed by atoms with Crippen LogP contribution in [-0.2, 0) is 0 Å². The van der Waals surface area contributed by atoms with Gasteiger partial charge < -0.3 is 9.13 Å². The SMILES string of the molecule is [2H]c1c([2H])c([2H])c(-c2cc(-n3c4c([2H])c([2H])c([2H])c([2H])c4c4c([2H])c(-c5c([2H])c([2H])c6c(c5[2H])c5c([2H])c([2H])c([2H])c([2H])c5n6-c5c([2H])c([2H])c([2H])c([2H])c5[2H])c([2H])c([2H])c43)c([2H])c(-c3c([2H])c([2H])c([2H])c([2H])c3[2H])c2[2H])c([2H])c1[2H]. The summed E-state index contributed by atoms with van der Waals surface area (Å²) < 4.78 is 279. The van der Waals surface area contributed by atoms with Gasteiger partial charge in [0.05, 0.1) is 64.6 Å². The van der Waals surface area contributed by atoms with Crippen LogP contribution >= 0.6 is 0 Å². The molecule has 0 spiro atoms. The van der Waals surface area contributed by atoms with Gasteiger partial charge in [-0.05, 0) is 99.9 Å². The molecule has 2 heterocycles. The first-order valence-electron chi connectivity index (χ1n) is 30.2. The Morgan fingerprint density at radius 3 is 1.28 bits per heavy atom. The van der Waals surface area contributed by atoms with Crippen molar-refractivity contribution in [2.45, 2.75) is 0 Å². The van der Waals surface area contributed by atoms with Crippen LogP contribution in [0.15, 0.2) is 193 Å². The van der Waals surface area contributed by atoms with E-state index in [9.17, 15) is 13.7 Å². The average molecular weight is 668 g/mol. The third-order valence-corrected chi connectivity index (χ3v) is 7.83. The third kappa shape index (κ3) is 4.57. The second kappa shape index (κ2) is 11.5. The highest BCUT2D eigenvalue weighted by molar-refractivity contribution is 6.12. The zero-order chi connectivity index (χ0) is 60.0. The number of hydrogen-bond acceptors (Lipinski definition) is 0. The molecule has 0 radical (unpaired) electrons. The molecule has 0 aliphatic carbocycles. The van der Waals surface area contributed by atoms with Gasteiger partial charge in [0, 0.05) is 32.9 Å². The van der Waals surface area contributed by atoms with Crippen LogP contribution in [0.4, 0.5) is 0 Å². The maximum atomic E-state index is 9.96. The fourth-order valence-corrected chi connectivity index (χ4v) is 5.74. The number of fused-ring (bicyclic) bond motifs is 6. The number of hydrogen-bond donors (Lipinski definition) is 0. The largest absolute Gasteiger partial charge is 0.309 e. The van der Waals surface area contributed by atoms with Crippen LogP contribution in [0.2, 0.25) is 0 Å². The molecule has 2 heteroatoms. The van der Waals surface area contributed by atoms with Gasteiger partial charge in [-0.2, -0.15) is 0 Å². The van der Waals surface area contributed by atoms with Crippen LogP contribution in [0.3, 0.4) is 0 Å². The second-order valence-electron chi connectivity index (χ2n) is 10.6. The van der Waals surface area contributed by atoms with E-state index in [0.717, 1.165) is 15.2 Å². The molecule has 234 valence electrons. The molecular formula is C48H32N2. The summed E-state index contributed by atoms with van der Waals surface area (Å²) in [7, 11) is 0. The third-order valence-electron chi connectivity index (χ3n) is 7.83. The number of aromatic nitrogens is 2. The van der Waals surface area contributed by atoms with Crippen molar-refractivity contribution >= 4 is 43.6 Å². The fraction of sp³-hybridized carbons (Fsp3) is 0. The minimum Gasteiger partial charge on any atom is -0.309 e. The molecule has 10 aromatic rings. The van der Waals surface area contributed by atoms with E-state index < -0.39 is 276 Å². The molecule has 8 aromatic carbocycles. The van der Waals surface area contributed by atoms with Crippen LogP contribution < -0.4 is 0 Å². The van der Waals surface area contributed by atoms with Crippen molar-refractivity contribution in [3.05, 3.63) is 193 Å². The minimum absolute atomic E-state index is 0.579. The highest BCUT2D eigenvalue weighted by Crippen LogP contribution is 2.39. The standard InChI is InChI=1S/C48H32N2/c1-4-14-33(15-5-1)37-28-38(34-16-6-2-7-17-34)30-40(29-37)50-46-23-13-11-21-42(46)44-32-36(25-27-48(44)50)35-24-26-47-43(31-35)41-20-10-12-22-45(41)49(47)39-18-8-3-9-19-39/h1-32H/i1D,2D,3D,4D,5D,6D,7D,8D,9D,10D,11D,12D,13D,14D,15D,16D,17D,18D,19D,20D,21D,22D,23D,24D,25D,26D,27D,28D,29D,31D,32D. The Hall–Kier alpha value is -6.64. The van der Waals surface area contributed by atoms with Crippen molar-refractivity contribution in [3.63, 3.8) is 0 Å². The molecule has 0 N–H and O–H groups in total. The van der Waals surface area contributed by atoms with Crippen LogP contribution in [0, 0.1) is 0 Å². The Morgan fingerprint density at radius 1 is 0.280 bits per heavy atom. The van der Waals surface area contributed by atoms with Crippen molar-refractivity contribution in [1.82, 2.24) is 9.13 Å². The van der Waals surface area contributed by atoms with Gasteiger partial charge in [0.25, 0.3) is 0 Å². The van der Waals surface area contributed by atoms with Gasteiger partial charge in [-0.25, -0.2) is 0 Å². The average Bonchev–Trinajstić information content (AvgIpc) is 3.17. The van der Waals surface area contributed by atoms with Gasteiger partial charge in [0.15, 0.2) is 0 Å². The molecule has 0 fully saturated rings. The monoisotopic (exact) mass is 667 g/mol. The summed E-state index contributed by atoms with van der Waals surface area (Å²) in [6.45, 7) is 0. The summed E-state index contributed by atoms with van der Waals surface area (Å²) in [5.41, 5.74) is -8.95. The van der Waals surface area contributed by atoms with E-state index in [1.165, 1.54) is 0 Å². The van der Waals surface area contributed by atoms with Crippen LogP contribution in [0.25, 0.3) is 88.4 Å². The Labute approximate surface area is 334 Å². The highest BCUT2D eigenvalue weighted by atomic mass is 15.0. The van der Waals surface area contributed by atoms with E-state index in [-0.39, 0.29) is 0 Å².